The number of carbonyl (C=O) groups is 1. The second-order valence-electron chi connectivity index (χ2n) is 5.63. The van der Waals surface area contributed by atoms with Crippen LogP contribution in [0, 0.1) is 0 Å². The zero-order valence-corrected chi connectivity index (χ0v) is 12.8. The van der Waals surface area contributed by atoms with Gasteiger partial charge in [-0.2, -0.15) is 0 Å². The molecule has 1 fully saturated rings. The number of carbonyl (C=O) groups excluding carboxylic acids is 1. The molecule has 1 aromatic rings. The van der Waals surface area contributed by atoms with E-state index in [1.807, 2.05) is 4.90 Å². The fourth-order valence-electron chi connectivity index (χ4n) is 3.06. The van der Waals surface area contributed by atoms with Gasteiger partial charge in [-0.05, 0) is 31.0 Å². The molecule has 2 atom stereocenters. The van der Waals surface area contributed by atoms with Crippen LogP contribution in [0.3, 0.4) is 0 Å². The van der Waals surface area contributed by atoms with Crippen molar-refractivity contribution in [2.24, 2.45) is 5.73 Å². The highest BCUT2D eigenvalue weighted by Crippen LogP contribution is 2.32. The van der Waals surface area contributed by atoms with E-state index in [1.54, 1.807) is 25.3 Å². The maximum atomic E-state index is 12.8. The Bertz CT molecular complexity index is 549. The maximum absolute atomic E-state index is 12.8. The van der Waals surface area contributed by atoms with Gasteiger partial charge in [-0.3, -0.25) is 4.79 Å². The molecule has 6 heteroatoms. The normalized spacial score (nSPS) is 24.2. The molecule has 3 rings (SSSR count). The van der Waals surface area contributed by atoms with Crippen LogP contribution >= 0.6 is 0 Å². The maximum Gasteiger partial charge on any atom is 0.254 e. The molecule has 1 aromatic carbocycles. The number of likely N-dealkylation sites (tertiary alicyclic amines) is 1. The van der Waals surface area contributed by atoms with E-state index >= 15 is 0 Å². The van der Waals surface area contributed by atoms with E-state index in [0.717, 1.165) is 12.8 Å². The van der Waals surface area contributed by atoms with Gasteiger partial charge in [0.1, 0.15) is 13.2 Å². The fraction of sp³-hybridized carbons (Fsp3) is 0.562. The first kappa shape index (κ1) is 15.1. The first-order chi connectivity index (χ1) is 10.7. The summed E-state index contributed by atoms with van der Waals surface area (Å²) in [4.78, 5) is 14.6. The molecule has 22 heavy (non-hydrogen) atoms. The van der Waals surface area contributed by atoms with Crippen molar-refractivity contribution in [2.75, 3.05) is 33.4 Å². The van der Waals surface area contributed by atoms with E-state index in [2.05, 4.69) is 0 Å². The molecule has 6 nitrogen and oxygen atoms in total. The van der Waals surface area contributed by atoms with E-state index in [1.165, 1.54) is 0 Å². The number of nitrogens with two attached hydrogens (primary N) is 1. The smallest absolute Gasteiger partial charge is 0.254 e. The predicted octanol–water partition coefficient (Wildman–Crippen LogP) is 1.04. The molecule has 0 spiro atoms. The Balaban J connectivity index is 1.78. The van der Waals surface area contributed by atoms with Gasteiger partial charge < -0.3 is 24.8 Å². The minimum absolute atomic E-state index is 0.0121. The Kier molecular flexibility index (Phi) is 4.49. The molecule has 0 aromatic heterocycles. The molecular formula is C16H22N2O4. The lowest BCUT2D eigenvalue weighted by molar-refractivity contribution is 0.0138. The monoisotopic (exact) mass is 306 g/mol. The molecule has 1 saturated heterocycles. The average Bonchev–Trinajstić information content (AvgIpc) is 2.60. The predicted molar refractivity (Wildman–Crippen MR) is 81.3 cm³/mol. The van der Waals surface area contributed by atoms with Gasteiger partial charge in [0.2, 0.25) is 0 Å². The zero-order chi connectivity index (χ0) is 15.5. The van der Waals surface area contributed by atoms with Crippen molar-refractivity contribution in [1.82, 2.24) is 4.90 Å². The summed E-state index contributed by atoms with van der Waals surface area (Å²) in [5, 5.41) is 0. The number of ether oxygens (including phenoxy) is 3. The van der Waals surface area contributed by atoms with E-state index in [-0.39, 0.29) is 18.1 Å². The summed E-state index contributed by atoms with van der Waals surface area (Å²) in [6.45, 7) is 2.15. The molecule has 2 heterocycles. The van der Waals surface area contributed by atoms with E-state index in [4.69, 9.17) is 19.9 Å². The van der Waals surface area contributed by atoms with Crippen LogP contribution in [0.5, 0.6) is 11.5 Å². The summed E-state index contributed by atoms with van der Waals surface area (Å²) in [7, 11) is 1.70. The summed E-state index contributed by atoms with van der Waals surface area (Å²) in [5.41, 5.74) is 6.45. The molecule has 2 aliphatic rings. The summed E-state index contributed by atoms with van der Waals surface area (Å²) in [6.07, 6.45) is 1.80. The van der Waals surface area contributed by atoms with Gasteiger partial charge in [-0.25, -0.2) is 0 Å². The van der Waals surface area contributed by atoms with Crippen molar-refractivity contribution < 1.29 is 19.0 Å². The molecule has 1 amide bonds. The van der Waals surface area contributed by atoms with Crippen molar-refractivity contribution >= 4 is 5.91 Å². The quantitative estimate of drug-likeness (QED) is 0.903. The lowest BCUT2D eigenvalue weighted by atomic mass is 9.98. The number of amides is 1. The Morgan fingerprint density at radius 3 is 2.86 bits per heavy atom. The minimum atomic E-state index is -0.0121. The van der Waals surface area contributed by atoms with Crippen LogP contribution in [0.4, 0.5) is 0 Å². The summed E-state index contributed by atoms with van der Waals surface area (Å²) in [6, 6.07) is 5.35. The molecule has 0 bridgehead atoms. The Morgan fingerprint density at radius 1 is 1.36 bits per heavy atom. The van der Waals surface area contributed by atoms with Crippen LogP contribution in [-0.4, -0.2) is 56.4 Å². The molecular weight excluding hydrogens is 284 g/mol. The molecule has 0 saturated carbocycles. The second kappa shape index (κ2) is 6.54. The highest BCUT2D eigenvalue weighted by molar-refractivity contribution is 5.95. The van der Waals surface area contributed by atoms with Crippen molar-refractivity contribution in [1.29, 1.82) is 0 Å². The lowest BCUT2D eigenvalue weighted by Crippen LogP contribution is -2.51. The highest BCUT2D eigenvalue weighted by Gasteiger charge is 2.31. The van der Waals surface area contributed by atoms with Crippen molar-refractivity contribution in [2.45, 2.75) is 25.0 Å². The average molecular weight is 306 g/mol. The lowest BCUT2D eigenvalue weighted by Gasteiger charge is -2.38. The minimum Gasteiger partial charge on any atom is -0.486 e. The van der Waals surface area contributed by atoms with Crippen molar-refractivity contribution in [3.8, 4) is 11.5 Å². The summed E-state index contributed by atoms with van der Waals surface area (Å²) < 4.78 is 16.4. The third kappa shape index (κ3) is 2.89. The van der Waals surface area contributed by atoms with Crippen molar-refractivity contribution in [3.63, 3.8) is 0 Å². The van der Waals surface area contributed by atoms with Crippen LogP contribution in [0.15, 0.2) is 18.2 Å². The molecule has 2 N–H and O–H groups in total. The van der Waals surface area contributed by atoms with Crippen molar-refractivity contribution in [3.05, 3.63) is 23.8 Å². The van der Waals surface area contributed by atoms with Crippen LogP contribution in [-0.2, 0) is 4.74 Å². The van der Waals surface area contributed by atoms with Gasteiger partial charge in [-0.1, -0.05) is 0 Å². The number of piperidine rings is 1. The third-order valence-corrected chi connectivity index (χ3v) is 4.32. The van der Waals surface area contributed by atoms with E-state index in [9.17, 15) is 4.79 Å². The molecule has 120 valence electrons. The molecule has 0 aliphatic carbocycles. The third-order valence-electron chi connectivity index (χ3n) is 4.32. The van der Waals surface area contributed by atoms with Gasteiger partial charge in [0.15, 0.2) is 11.5 Å². The molecule has 0 radical (unpaired) electrons. The summed E-state index contributed by atoms with van der Waals surface area (Å²) >= 11 is 0. The van der Waals surface area contributed by atoms with Crippen LogP contribution in [0.25, 0.3) is 0 Å². The van der Waals surface area contributed by atoms with E-state index in [0.29, 0.717) is 43.4 Å². The van der Waals surface area contributed by atoms with E-state index < -0.39 is 0 Å². The number of fused-ring (bicyclic) bond motifs is 1. The van der Waals surface area contributed by atoms with Crippen LogP contribution in [0.1, 0.15) is 23.2 Å². The fourth-order valence-corrected chi connectivity index (χ4v) is 3.06. The van der Waals surface area contributed by atoms with Gasteiger partial charge in [0, 0.05) is 31.8 Å². The van der Waals surface area contributed by atoms with Gasteiger partial charge in [0.05, 0.1) is 6.10 Å². The Morgan fingerprint density at radius 2 is 2.14 bits per heavy atom. The Hall–Kier alpha value is -1.79. The zero-order valence-electron chi connectivity index (χ0n) is 12.8. The number of benzene rings is 1. The number of hydrogen-bond donors (Lipinski definition) is 1. The van der Waals surface area contributed by atoms with Gasteiger partial charge in [0.25, 0.3) is 5.91 Å². The standard InChI is InChI=1S/C16H22N2O4/c1-20-13-4-5-18(12(9-13)10-17)16(19)11-2-3-14-15(8-11)22-7-6-21-14/h2-3,8,12-13H,4-7,9-10,17H2,1H3. The number of rotatable bonds is 3. The SMILES string of the molecule is COC1CCN(C(=O)c2ccc3c(c2)OCCO3)C(CN)C1. The van der Waals surface area contributed by atoms with Gasteiger partial charge in [-0.15, -0.1) is 0 Å². The number of methoxy groups -OCH3 is 1. The first-order valence-electron chi connectivity index (χ1n) is 7.66. The largest absolute Gasteiger partial charge is 0.486 e. The molecule has 2 unspecified atom stereocenters. The van der Waals surface area contributed by atoms with Gasteiger partial charge >= 0.3 is 0 Å². The first-order valence-corrected chi connectivity index (χ1v) is 7.66. The second-order valence-corrected chi connectivity index (χ2v) is 5.63. The van der Waals surface area contributed by atoms with Crippen LogP contribution in [0.2, 0.25) is 0 Å². The van der Waals surface area contributed by atoms with Crippen LogP contribution < -0.4 is 15.2 Å². The highest BCUT2D eigenvalue weighted by atomic mass is 16.6. The topological polar surface area (TPSA) is 74.0 Å². The molecule has 2 aliphatic heterocycles. The number of nitrogens with zero attached hydrogens (tertiary/aromatic N) is 1. The summed E-state index contributed by atoms with van der Waals surface area (Å²) in [5.74, 6) is 1.31. The Labute approximate surface area is 130 Å². The number of hydrogen-bond acceptors (Lipinski definition) is 5.